The van der Waals surface area contributed by atoms with E-state index in [-0.39, 0.29) is 5.56 Å². The maximum absolute atomic E-state index is 12.8. The van der Waals surface area contributed by atoms with E-state index in [0.29, 0.717) is 0 Å². The van der Waals surface area contributed by atoms with Crippen molar-refractivity contribution >= 4 is 17.8 Å². The summed E-state index contributed by atoms with van der Waals surface area (Å²) in [5, 5.41) is 3.93. The molecule has 0 unspecified atom stereocenters. The van der Waals surface area contributed by atoms with Gasteiger partial charge >= 0.3 is 6.18 Å². The molecular weight excluding hydrogens is 405 g/mol. The van der Waals surface area contributed by atoms with Crippen LogP contribution < -0.4 is 10.3 Å². The molecule has 1 amide bonds. The van der Waals surface area contributed by atoms with Crippen LogP contribution >= 0.6 is 0 Å². The van der Waals surface area contributed by atoms with Crippen LogP contribution in [0.3, 0.4) is 0 Å². The second kappa shape index (κ2) is 8.67. The summed E-state index contributed by atoms with van der Waals surface area (Å²) in [7, 11) is 3.95. The van der Waals surface area contributed by atoms with Crippen LogP contribution in [0.25, 0.3) is 5.69 Å². The first-order valence-corrected chi connectivity index (χ1v) is 9.55. The van der Waals surface area contributed by atoms with E-state index in [1.165, 1.54) is 18.3 Å². The zero-order chi connectivity index (χ0) is 22.8. The van der Waals surface area contributed by atoms with Gasteiger partial charge in [-0.3, -0.25) is 4.79 Å². The second-order valence-corrected chi connectivity index (χ2v) is 7.35. The third-order valence-electron chi connectivity index (χ3n) is 4.92. The molecule has 31 heavy (non-hydrogen) atoms. The Morgan fingerprint density at radius 1 is 1.06 bits per heavy atom. The van der Waals surface area contributed by atoms with Gasteiger partial charge in [-0.05, 0) is 62.4 Å². The smallest absolute Gasteiger partial charge is 0.378 e. The maximum Gasteiger partial charge on any atom is 0.416 e. The van der Waals surface area contributed by atoms with Gasteiger partial charge in [-0.15, -0.1) is 0 Å². The fourth-order valence-corrected chi connectivity index (χ4v) is 3.28. The Morgan fingerprint density at radius 3 is 2.35 bits per heavy atom. The van der Waals surface area contributed by atoms with Crippen molar-refractivity contribution in [1.29, 1.82) is 0 Å². The number of nitrogens with one attached hydrogen (secondary N) is 1. The van der Waals surface area contributed by atoms with Crippen LogP contribution in [0.2, 0.25) is 0 Å². The Bertz CT molecular complexity index is 1110. The first kappa shape index (κ1) is 22.1. The number of hydrazone groups is 1. The van der Waals surface area contributed by atoms with Gasteiger partial charge < -0.3 is 9.47 Å². The summed E-state index contributed by atoms with van der Waals surface area (Å²) in [6.45, 7) is 3.90. The minimum atomic E-state index is -4.51. The van der Waals surface area contributed by atoms with E-state index < -0.39 is 17.6 Å². The number of aryl methyl sites for hydroxylation is 1. The molecule has 3 rings (SSSR count). The lowest BCUT2D eigenvalue weighted by atomic mass is 10.1. The summed E-state index contributed by atoms with van der Waals surface area (Å²) in [6, 6.07) is 14.2. The van der Waals surface area contributed by atoms with Crippen LogP contribution in [0.15, 0.2) is 59.7 Å². The standard InChI is InChI=1S/C23H23F3N4O/c1-15-12-18(16(2)30(15)21-10-8-20(9-11-21)29(3)4)14-27-28-22(31)17-6-5-7-19(13-17)23(24,25)26/h5-14H,1-4H3,(H,28,31)/b27-14-. The number of benzene rings is 2. The molecular formula is C23H23F3N4O. The molecule has 0 aliphatic carbocycles. The van der Waals surface area contributed by atoms with Gasteiger partial charge in [-0.1, -0.05) is 6.07 Å². The van der Waals surface area contributed by atoms with Crippen LogP contribution in [0.4, 0.5) is 18.9 Å². The fraction of sp³-hybridized carbons (Fsp3) is 0.217. The predicted octanol–water partition coefficient (Wildman–Crippen LogP) is 4.94. The highest BCUT2D eigenvalue weighted by Gasteiger charge is 2.30. The van der Waals surface area contributed by atoms with Crippen molar-refractivity contribution in [3.05, 3.63) is 82.7 Å². The molecule has 0 bridgehead atoms. The number of anilines is 1. The predicted molar refractivity (Wildman–Crippen MR) is 116 cm³/mol. The molecule has 1 N–H and O–H groups in total. The molecule has 8 heteroatoms. The van der Waals surface area contributed by atoms with Gasteiger partial charge in [-0.2, -0.15) is 18.3 Å². The van der Waals surface area contributed by atoms with E-state index in [9.17, 15) is 18.0 Å². The second-order valence-electron chi connectivity index (χ2n) is 7.35. The molecule has 0 saturated carbocycles. The number of nitrogens with zero attached hydrogens (tertiary/aromatic N) is 3. The van der Waals surface area contributed by atoms with Gasteiger partial charge in [0.25, 0.3) is 5.91 Å². The van der Waals surface area contributed by atoms with Crippen molar-refractivity contribution in [3.63, 3.8) is 0 Å². The number of aromatic nitrogens is 1. The van der Waals surface area contributed by atoms with Crippen molar-refractivity contribution in [3.8, 4) is 5.69 Å². The largest absolute Gasteiger partial charge is 0.416 e. The number of carbonyl (C=O) groups excluding carboxylic acids is 1. The normalized spacial score (nSPS) is 11.7. The van der Waals surface area contributed by atoms with E-state index in [4.69, 9.17) is 0 Å². The molecule has 162 valence electrons. The van der Waals surface area contributed by atoms with E-state index in [2.05, 4.69) is 15.1 Å². The molecule has 5 nitrogen and oxygen atoms in total. The number of amides is 1. The molecule has 0 spiro atoms. The third kappa shape index (κ3) is 4.96. The number of alkyl halides is 3. The molecule has 1 aromatic heterocycles. The average Bonchev–Trinajstić information content (AvgIpc) is 3.00. The van der Waals surface area contributed by atoms with Crippen molar-refractivity contribution in [2.24, 2.45) is 5.10 Å². The average molecular weight is 428 g/mol. The Balaban J connectivity index is 1.76. The third-order valence-corrected chi connectivity index (χ3v) is 4.92. The first-order valence-electron chi connectivity index (χ1n) is 9.55. The first-order chi connectivity index (χ1) is 14.6. The molecule has 0 fully saturated rings. The van der Waals surface area contributed by atoms with E-state index in [1.54, 1.807) is 0 Å². The maximum atomic E-state index is 12.8. The number of rotatable bonds is 5. The molecule has 0 aliphatic heterocycles. The molecule has 0 atom stereocenters. The molecule has 0 radical (unpaired) electrons. The quantitative estimate of drug-likeness (QED) is 0.462. The highest BCUT2D eigenvalue weighted by atomic mass is 19.4. The minimum Gasteiger partial charge on any atom is -0.378 e. The summed E-state index contributed by atoms with van der Waals surface area (Å²) in [6.07, 6.45) is -3.03. The highest BCUT2D eigenvalue weighted by molar-refractivity contribution is 5.95. The van der Waals surface area contributed by atoms with Crippen LogP contribution in [0, 0.1) is 13.8 Å². The Morgan fingerprint density at radius 2 is 1.74 bits per heavy atom. The lowest BCUT2D eigenvalue weighted by Crippen LogP contribution is -2.18. The number of hydrogen-bond donors (Lipinski definition) is 1. The SMILES string of the molecule is Cc1cc(/C=N\NC(=O)c2cccc(C(F)(F)F)c2)c(C)n1-c1ccc(N(C)C)cc1. The molecule has 0 aliphatic rings. The van der Waals surface area contributed by atoms with Crippen molar-refractivity contribution < 1.29 is 18.0 Å². The van der Waals surface area contributed by atoms with Crippen LogP contribution in [-0.2, 0) is 6.18 Å². The van der Waals surface area contributed by atoms with Crippen molar-refractivity contribution in [2.45, 2.75) is 20.0 Å². The van der Waals surface area contributed by atoms with Gasteiger partial charge in [-0.25, -0.2) is 5.43 Å². The zero-order valence-electron chi connectivity index (χ0n) is 17.7. The van der Waals surface area contributed by atoms with Gasteiger partial charge in [0.1, 0.15) is 0 Å². The monoisotopic (exact) mass is 428 g/mol. The summed E-state index contributed by atoms with van der Waals surface area (Å²) in [5.74, 6) is -0.713. The molecule has 0 saturated heterocycles. The Hall–Kier alpha value is -3.55. The number of carbonyl (C=O) groups is 1. The van der Waals surface area contributed by atoms with Crippen molar-refractivity contribution in [2.75, 3.05) is 19.0 Å². The van der Waals surface area contributed by atoms with Gasteiger partial charge in [0, 0.05) is 48.0 Å². The van der Waals surface area contributed by atoms with E-state index in [1.807, 2.05) is 63.2 Å². The molecule has 3 aromatic rings. The summed E-state index contributed by atoms with van der Waals surface area (Å²) >= 11 is 0. The van der Waals surface area contributed by atoms with Gasteiger partial charge in [0.2, 0.25) is 0 Å². The van der Waals surface area contributed by atoms with Crippen molar-refractivity contribution in [1.82, 2.24) is 9.99 Å². The van der Waals surface area contributed by atoms with Crippen LogP contribution in [0.5, 0.6) is 0 Å². The van der Waals surface area contributed by atoms with Gasteiger partial charge in [0.05, 0.1) is 11.8 Å². The number of hydrogen-bond acceptors (Lipinski definition) is 3. The topological polar surface area (TPSA) is 49.6 Å². The number of halogens is 3. The summed E-state index contributed by atoms with van der Waals surface area (Å²) in [4.78, 5) is 14.2. The Kier molecular flexibility index (Phi) is 6.19. The van der Waals surface area contributed by atoms with Crippen LogP contribution in [0.1, 0.15) is 32.9 Å². The summed E-state index contributed by atoms with van der Waals surface area (Å²) in [5.41, 5.74) is 6.08. The van der Waals surface area contributed by atoms with E-state index in [0.717, 1.165) is 40.5 Å². The fourth-order valence-electron chi connectivity index (χ4n) is 3.28. The zero-order valence-corrected chi connectivity index (χ0v) is 17.7. The lowest BCUT2D eigenvalue weighted by Gasteiger charge is -2.14. The Labute approximate surface area is 178 Å². The lowest BCUT2D eigenvalue weighted by molar-refractivity contribution is -0.137. The van der Waals surface area contributed by atoms with Crippen LogP contribution in [-0.4, -0.2) is 30.8 Å². The van der Waals surface area contributed by atoms with E-state index >= 15 is 0 Å². The highest BCUT2D eigenvalue weighted by Crippen LogP contribution is 2.29. The minimum absolute atomic E-state index is 0.113. The molecule has 2 aromatic carbocycles. The molecule has 1 heterocycles. The van der Waals surface area contributed by atoms with Gasteiger partial charge in [0.15, 0.2) is 0 Å². The summed E-state index contributed by atoms with van der Waals surface area (Å²) < 4.78 is 40.5.